The van der Waals surface area contributed by atoms with Crippen molar-refractivity contribution in [1.29, 1.82) is 0 Å². The second-order valence-electron chi connectivity index (χ2n) is 8.10. The van der Waals surface area contributed by atoms with Gasteiger partial charge in [0, 0.05) is 19.1 Å². The smallest absolute Gasteiger partial charge is 0.217 e. The molecule has 3 rings (SSSR count). The number of rotatable bonds is 9. The van der Waals surface area contributed by atoms with E-state index in [-0.39, 0.29) is 23.0 Å². The molecule has 36 heavy (non-hydrogen) atoms. The average molecular weight is 488 g/mol. The Balaban J connectivity index is 2.01. The number of carbonyl (C=O) groups is 3. The van der Waals surface area contributed by atoms with E-state index in [1.54, 1.807) is 30.3 Å². The molecule has 0 bridgehead atoms. The standard InChI is InChI=1S/C28H25NO7/c1-17(30)29-28(20-5-3-2-4-6-20)27(25(35)9-7-18-11-21(31)15-22(32)12-18)26(36)10-8-19-13-23(33)16-24(34)14-19/h2-16,27-28,31-34H,1H3,(H,29,30). The van der Waals surface area contributed by atoms with Crippen LogP contribution in [0.3, 0.4) is 0 Å². The van der Waals surface area contributed by atoms with Crippen LogP contribution in [0, 0.1) is 5.92 Å². The summed E-state index contributed by atoms with van der Waals surface area (Å²) in [6.07, 6.45) is 4.97. The predicted octanol–water partition coefficient (Wildman–Crippen LogP) is 3.87. The molecule has 0 spiro atoms. The van der Waals surface area contributed by atoms with Crippen LogP contribution in [0.4, 0.5) is 0 Å². The Morgan fingerprint density at radius 2 is 1.11 bits per heavy atom. The van der Waals surface area contributed by atoms with E-state index >= 15 is 0 Å². The van der Waals surface area contributed by atoms with Crippen LogP contribution in [0.15, 0.2) is 78.9 Å². The molecule has 8 nitrogen and oxygen atoms in total. The van der Waals surface area contributed by atoms with Crippen molar-refractivity contribution in [2.45, 2.75) is 13.0 Å². The zero-order valence-corrected chi connectivity index (χ0v) is 19.3. The van der Waals surface area contributed by atoms with E-state index in [1.807, 2.05) is 0 Å². The summed E-state index contributed by atoms with van der Waals surface area (Å²) >= 11 is 0. The fourth-order valence-electron chi connectivity index (χ4n) is 3.70. The van der Waals surface area contributed by atoms with Crippen molar-refractivity contribution >= 4 is 29.6 Å². The van der Waals surface area contributed by atoms with Gasteiger partial charge in [-0.3, -0.25) is 14.4 Å². The van der Waals surface area contributed by atoms with Crippen LogP contribution < -0.4 is 5.32 Å². The molecule has 0 saturated heterocycles. The maximum absolute atomic E-state index is 13.3. The Morgan fingerprint density at radius 1 is 0.694 bits per heavy atom. The number of allylic oxidation sites excluding steroid dienone is 2. The number of benzene rings is 3. The lowest BCUT2D eigenvalue weighted by Gasteiger charge is -2.25. The molecule has 0 aliphatic rings. The van der Waals surface area contributed by atoms with Crippen molar-refractivity contribution in [2.75, 3.05) is 0 Å². The second-order valence-corrected chi connectivity index (χ2v) is 8.10. The summed E-state index contributed by atoms with van der Waals surface area (Å²) in [6.45, 7) is 1.28. The van der Waals surface area contributed by atoms with Gasteiger partial charge in [0.15, 0.2) is 11.6 Å². The third-order valence-corrected chi connectivity index (χ3v) is 5.19. The third-order valence-electron chi connectivity index (χ3n) is 5.19. The highest BCUT2D eigenvalue weighted by atomic mass is 16.3. The molecule has 1 amide bonds. The number of carbonyl (C=O) groups excluding carboxylic acids is 3. The SMILES string of the molecule is CC(=O)NC(c1ccccc1)C(C(=O)C=Cc1cc(O)cc(O)c1)C(=O)C=Cc1cc(O)cc(O)c1. The molecule has 0 heterocycles. The summed E-state index contributed by atoms with van der Waals surface area (Å²) < 4.78 is 0. The van der Waals surface area contributed by atoms with Crippen LogP contribution in [-0.4, -0.2) is 37.9 Å². The first kappa shape index (κ1) is 25.8. The number of aromatic hydroxyl groups is 4. The molecule has 184 valence electrons. The molecule has 1 atom stereocenters. The fourth-order valence-corrected chi connectivity index (χ4v) is 3.70. The van der Waals surface area contributed by atoms with Gasteiger partial charge in [0.2, 0.25) is 5.91 Å². The topological polar surface area (TPSA) is 144 Å². The van der Waals surface area contributed by atoms with Crippen LogP contribution in [0.5, 0.6) is 23.0 Å². The van der Waals surface area contributed by atoms with E-state index < -0.39 is 29.4 Å². The lowest BCUT2D eigenvalue weighted by Crippen LogP contribution is -2.39. The molecule has 0 radical (unpaired) electrons. The van der Waals surface area contributed by atoms with Gasteiger partial charge in [-0.25, -0.2) is 0 Å². The summed E-state index contributed by atoms with van der Waals surface area (Å²) in [5, 5.41) is 41.4. The largest absolute Gasteiger partial charge is 0.508 e. The highest BCUT2D eigenvalue weighted by Crippen LogP contribution is 2.27. The molecular weight excluding hydrogens is 462 g/mol. The van der Waals surface area contributed by atoms with E-state index in [9.17, 15) is 34.8 Å². The lowest BCUT2D eigenvalue weighted by atomic mass is 9.85. The quantitative estimate of drug-likeness (QED) is 0.228. The normalized spacial score (nSPS) is 12.9. The van der Waals surface area contributed by atoms with Crippen LogP contribution in [0.25, 0.3) is 12.2 Å². The van der Waals surface area contributed by atoms with Gasteiger partial charge in [-0.15, -0.1) is 0 Å². The number of amides is 1. The van der Waals surface area contributed by atoms with Crippen molar-refractivity contribution in [2.24, 2.45) is 5.92 Å². The van der Waals surface area contributed by atoms with Gasteiger partial charge in [-0.05, 0) is 53.1 Å². The first-order valence-electron chi connectivity index (χ1n) is 10.9. The Kier molecular flexibility index (Phi) is 8.25. The number of hydrogen-bond donors (Lipinski definition) is 5. The van der Waals surface area contributed by atoms with E-state index in [0.29, 0.717) is 16.7 Å². The second kappa shape index (κ2) is 11.5. The van der Waals surface area contributed by atoms with Crippen LogP contribution in [-0.2, 0) is 14.4 Å². The molecule has 5 N–H and O–H groups in total. The maximum atomic E-state index is 13.3. The van der Waals surface area contributed by atoms with Gasteiger partial charge in [-0.2, -0.15) is 0 Å². The third kappa shape index (κ3) is 7.07. The minimum absolute atomic E-state index is 0.201. The monoisotopic (exact) mass is 487 g/mol. The van der Waals surface area contributed by atoms with Gasteiger partial charge in [0.05, 0.1) is 6.04 Å². The van der Waals surface area contributed by atoms with E-state index in [0.717, 1.165) is 24.3 Å². The summed E-state index contributed by atoms with van der Waals surface area (Å²) in [5.41, 5.74) is 1.19. The average Bonchev–Trinajstić information content (AvgIpc) is 2.80. The Labute approximate surface area is 207 Å². The van der Waals surface area contributed by atoms with Gasteiger partial charge in [0.25, 0.3) is 0 Å². The van der Waals surface area contributed by atoms with Crippen molar-refractivity contribution in [1.82, 2.24) is 5.32 Å². The number of phenolic OH excluding ortho intramolecular Hbond substituents is 4. The Bertz CT molecular complexity index is 1210. The number of phenols is 4. The zero-order chi connectivity index (χ0) is 26.2. The lowest BCUT2D eigenvalue weighted by molar-refractivity contribution is -0.129. The van der Waals surface area contributed by atoms with Crippen molar-refractivity contribution in [3.05, 3.63) is 95.6 Å². The minimum Gasteiger partial charge on any atom is -0.508 e. The summed E-state index contributed by atoms with van der Waals surface area (Å²) in [4.78, 5) is 38.7. The molecule has 3 aromatic carbocycles. The van der Waals surface area contributed by atoms with E-state index in [4.69, 9.17) is 0 Å². The van der Waals surface area contributed by atoms with Crippen molar-refractivity contribution in [3.63, 3.8) is 0 Å². The maximum Gasteiger partial charge on any atom is 0.217 e. The minimum atomic E-state index is -1.36. The van der Waals surface area contributed by atoms with E-state index in [2.05, 4.69) is 5.32 Å². The highest BCUT2D eigenvalue weighted by molar-refractivity contribution is 6.14. The Hall–Kier alpha value is -4.85. The number of nitrogens with one attached hydrogen (secondary N) is 1. The molecule has 0 saturated carbocycles. The fraction of sp³-hybridized carbons (Fsp3) is 0.107. The first-order valence-corrected chi connectivity index (χ1v) is 10.9. The van der Waals surface area contributed by atoms with Crippen LogP contribution >= 0.6 is 0 Å². The molecular formula is C28H25NO7. The number of hydrogen-bond acceptors (Lipinski definition) is 7. The van der Waals surface area contributed by atoms with E-state index in [1.165, 1.54) is 43.3 Å². The molecule has 0 aliphatic carbocycles. The van der Waals surface area contributed by atoms with Crippen molar-refractivity contribution < 1.29 is 34.8 Å². The van der Waals surface area contributed by atoms with Gasteiger partial charge in [0.1, 0.15) is 28.9 Å². The summed E-state index contributed by atoms with van der Waals surface area (Å²) in [6, 6.07) is 15.2. The number of ketones is 2. The van der Waals surface area contributed by atoms with Crippen molar-refractivity contribution in [3.8, 4) is 23.0 Å². The molecule has 3 aromatic rings. The summed E-state index contributed by atoms with van der Waals surface area (Å²) in [7, 11) is 0. The molecule has 0 aromatic heterocycles. The van der Waals surface area contributed by atoms with Gasteiger partial charge >= 0.3 is 0 Å². The predicted molar refractivity (Wildman–Crippen MR) is 134 cm³/mol. The molecule has 0 aliphatic heterocycles. The zero-order valence-electron chi connectivity index (χ0n) is 19.3. The summed E-state index contributed by atoms with van der Waals surface area (Å²) in [5.74, 6) is -3.87. The van der Waals surface area contributed by atoms with Crippen LogP contribution in [0.1, 0.15) is 29.7 Å². The molecule has 8 heteroatoms. The first-order chi connectivity index (χ1) is 17.1. The van der Waals surface area contributed by atoms with Crippen LogP contribution in [0.2, 0.25) is 0 Å². The molecule has 1 unspecified atom stereocenters. The Morgan fingerprint density at radius 3 is 1.50 bits per heavy atom. The van der Waals surface area contributed by atoms with Gasteiger partial charge in [-0.1, -0.05) is 42.5 Å². The molecule has 0 fully saturated rings. The van der Waals surface area contributed by atoms with Gasteiger partial charge < -0.3 is 25.7 Å². The highest BCUT2D eigenvalue weighted by Gasteiger charge is 2.34.